The van der Waals surface area contributed by atoms with Crippen LogP contribution in [0.4, 0.5) is 0 Å². The molecule has 1 rings (SSSR count). The van der Waals surface area contributed by atoms with Gasteiger partial charge in [0.15, 0.2) is 0 Å². The van der Waals surface area contributed by atoms with Crippen LogP contribution in [-0.2, 0) is 20.1 Å². The van der Waals surface area contributed by atoms with E-state index >= 15 is 0 Å². The molecule has 0 bridgehead atoms. The van der Waals surface area contributed by atoms with E-state index < -0.39 is 0 Å². The maximum absolute atomic E-state index is 3.26. The van der Waals surface area contributed by atoms with E-state index in [1.165, 1.54) is 38.5 Å². The second kappa shape index (κ2) is 6.51. The molecular weight excluding hydrogens is 288 g/mol. The molecule has 0 fully saturated rings. The van der Waals surface area contributed by atoms with Gasteiger partial charge < -0.3 is 6.08 Å². The first-order chi connectivity index (χ1) is 4.00. The number of rotatable bonds is 0. The Labute approximate surface area is 71.1 Å². The Morgan fingerprint density at radius 1 is 1.00 bits per heavy atom. The summed E-state index contributed by atoms with van der Waals surface area (Å²) in [4.78, 5) is 0. The molecule has 0 aliphatic heterocycles. The third-order valence-corrected chi connectivity index (χ3v) is 1.56. The quantitative estimate of drug-likeness (QED) is 0.603. The molecule has 1 heteroatoms. The zero-order chi connectivity index (χ0) is 5.66. The van der Waals surface area contributed by atoms with Crippen LogP contribution < -0.4 is 0 Å². The van der Waals surface area contributed by atoms with Gasteiger partial charge in [0, 0.05) is 0 Å². The van der Waals surface area contributed by atoms with Gasteiger partial charge >= 0.3 is 20.1 Å². The molecule has 1 aliphatic rings. The predicted molar refractivity (Wildman–Crippen MR) is 36.9 cm³/mol. The van der Waals surface area contributed by atoms with E-state index in [1.807, 2.05) is 0 Å². The molecule has 0 saturated carbocycles. The van der Waals surface area contributed by atoms with Gasteiger partial charge in [0.25, 0.3) is 0 Å². The second-order valence-corrected chi connectivity index (χ2v) is 2.36. The summed E-state index contributed by atoms with van der Waals surface area (Å²) in [5.74, 6) is 0. The minimum atomic E-state index is 0. The van der Waals surface area contributed by atoms with Gasteiger partial charge in [-0.1, -0.05) is 32.1 Å². The fraction of sp³-hybridized carbons (Fsp3) is 0.750. The van der Waals surface area contributed by atoms with E-state index in [4.69, 9.17) is 0 Å². The third kappa shape index (κ3) is 4.87. The molecule has 9 heavy (non-hydrogen) atoms. The Balaban J connectivity index is 0.000000640. The summed E-state index contributed by atoms with van der Waals surface area (Å²) in [6.07, 6.45) is 13.5. The van der Waals surface area contributed by atoms with Crippen LogP contribution in [0.1, 0.15) is 38.5 Å². The average Bonchev–Trinajstić information content (AvgIpc) is 1.62. The zero-order valence-electron chi connectivity index (χ0n) is 5.67. The van der Waals surface area contributed by atoms with E-state index in [0.29, 0.717) is 0 Å². The molecule has 0 aromatic heterocycles. The number of allylic oxidation sites excluding steroid dienone is 2. The Kier molecular flexibility index (Phi) is 6.79. The van der Waals surface area contributed by atoms with Crippen molar-refractivity contribution in [2.45, 2.75) is 38.5 Å². The molecule has 0 N–H and O–H groups in total. The first kappa shape index (κ1) is 9.39. The molecule has 54 valence electrons. The molecule has 0 unspecified atom stereocenters. The molecular formula is C8H14Ir+. The summed E-state index contributed by atoms with van der Waals surface area (Å²) in [6.45, 7) is 0. The van der Waals surface area contributed by atoms with Crippen molar-refractivity contribution >= 4 is 0 Å². The van der Waals surface area contributed by atoms with Gasteiger partial charge in [-0.2, -0.15) is 6.42 Å². The molecule has 0 heterocycles. The Bertz CT molecular complexity index is 66.6. The van der Waals surface area contributed by atoms with Gasteiger partial charge in [0.2, 0.25) is 0 Å². The van der Waals surface area contributed by atoms with Crippen molar-refractivity contribution in [1.29, 1.82) is 0 Å². The van der Waals surface area contributed by atoms with Crippen LogP contribution in [-0.4, -0.2) is 0 Å². The summed E-state index contributed by atoms with van der Waals surface area (Å²) in [7, 11) is 0. The van der Waals surface area contributed by atoms with E-state index in [1.54, 1.807) is 0 Å². The summed E-state index contributed by atoms with van der Waals surface area (Å²) in [5, 5.41) is 0. The van der Waals surface area contributed by atoms with Crippen molar-refractivity contribution in [1.82, 2.24) is 0 Å². The molecule has 0 aromatic carbocycles. The van der Waals surface area contributed by atoms with E-state index in [9.17, 15) is 0 Å². The first-order valence-corrected chi connectivity index (χ1v) is 3.55. The van der Waals surface area contributed by atoms with Crippen molar-refractivity contribution in [2.75, 3.05) is 0 Å². The van der Waals surface area contributed by atoms with Crippen LogP contribution in [0.2, 0.25) is 0 Å². The van der Waals surface area contributed by atoms with Crippen molar-refractivity contribution in [3.05, 3.63) is 12.2 Å². The monoisotopic (exact) mass is 303 g/mol. The van der Waals surface area contributed by atoms with Gasteiger partial charge in [-0.25, -0.2) is 0 Å². The average molecular weight is 302 g/mol. The Morgan fingerprint density at radius 2 is 1.78 bits per heavy atom. The Morgan fingerprint density at radius 3 is 2.67 bits per heavy atom. The van der Waals surface area contributed by atoms with Crippen LogP contribution in [0.25, 0.3) is 0 Å². The standard InChI is InChI=1S/C8H13.Ir.H/c1-2-4-6-8-7-5-3-1;;/h1H,2,4-8H2;;/q-1;+2;. The number of hydrogen-bond donors (Lipinski definition) is 0. The van der Waals surface area contributed by atoms with Crippen LogP contribution in [0.5, 0.6) is 0 Å². The predicted octanol–water partition coefficient (Wildman–Crippen LogP) is 2.43. The van der Waals surface area contributed by atoms with Gasteiger partial charge in [0.05, 0.1) is 0 Å². The van der Waals surface area contributed by atoms with E-state index in [-0.39, 0.29) is 20.1 Å². The van der Waals surface area contributed by atoms with Crippen LogP contribution in [0.15, 0.2) is 6.08 Å². The van der Waals surface area contributed by atoms with Crippen molar-refractivity contribution < 1.29 is 20.1 Å². The minimum absolute atomic E-state index is 0. The van der Waals surface area contributed by atoms with Gasteiger partial charge in [-0.15, -0.1) is 0 Å². The molecule has 0 aromatic rings. The van der Waals surface area contributed by atoms with Gasteiger partial charge in [-0.3, -0.25) is 6.08 Å². The molecule has 1 radical (unpaired) electrons. The molecule has 1 aliphatic carbocycles. The first-order valence-electron chi connectivity index (χ1n) is 3.55. The molecule has 0 atom stereocenters. The second-order valence-electron chi connectivity index (χ2n) is 2.36. The van der Waals surface area contributed by atoms with Crippen LogP contribution in [0, 0.1) is 6.08 Å². The van der Waals surface area contributed by atoms with E-state index in [0.717, 1.165) is 0 Å². The molecule has 0 nitrogen and oxygen atoms in total. The Hall–Kier alpha value is 0.389. The summed E-state index contributed by atoms with van der Waals surface area (Å²) in [6, 6.07) is 0. The zero-order valence-corrected chi connectivity index (χ0v) is 8.21. The molecule has 0 spiro atoms. The van der Waals surface area contributed by atoms with Gasteiger partial charge in [0.1, 0.15) is 0 Å². The van der Waals surface area contributed by atoms with Crippen molar-refractivity contribution in [3.63, 3.8) is 0 Å². The fourth-order valence-corrected chi connectivity index (χ4v) is 1.03. The summed E-state index contributed by atoms with van der Waals surface area (Å²) < 4.78 is 0. The SMILES string of the molecule is [C-]1=CCCCCCC1.[IrH+2]. The van der Waals surface area contributed by atoms with Crippen molar-refractivity contribution in [2.24, 2.45) is 0 Å². The van der Waals surface area contributed by atoms with Crippen molar-refractivity contribution in [3.8, 4) is 0 Å². The van der Waals surface area contributed by atoms with E-state index in [2.05, 4.69) is 12.2 Å². The normalized spacial score (nSPS) is 19.6. The maximum atomic E-state index is 3.26. The van der Waals surface area contributed by atoms with Crippen LogP contribution in [0.3, 0.4) is 0 Å². The molecule has 0 saturated heterocycles. The summed E-state index contributed by atoms with van der Waals surface area (Å²) in [5.41, 5.74) is 0. The fourth-order valence-electron chi connectivity index (χ4n) is 1.03. The van der Waals surface area contributed by atoms with Crippen LogP contribution >= 0.6 is 0 Å². The van der Waals surface area contributed by atoms with Gasteiger partial charge in [-0.05, 0) is 0 Å². The third-order valence-electron chi connectivity index (χ3n) is 1.56. The summed E-state index contributed by atoms with van der Waals surface area (Å²) >= 11 is 0. The topological polar surface area (TPSA) is 0 Å². The molecule has 0 amide bonds. The number of hydrogen-bond acceptors (Lipinski definition) is 0.